The van der Waals surface area contributed by atoms with Gasteiger partial charge in [-0.1, -0.05) is 12.8 Å². The predicted molar refractivity (Wildman–Crippen MR) is 70.4 cm³/mol. The molecule has 0 spiro atoms. The molecule has 1 fully saturated rings. The molecule has 1 amide bonds. The van der Waals surface area contributed by atoms with E-state index in [0.717, 1.165) is 12.3 Å². The van der Waals surface area contributed by atoms with Crippen molar-refractivity contribution in [2.24, 2.45) is 5.92 Å². The molecule has 4 heteroatoms. The minimum atomic E-state index is -0.468. The van der Waals surface area contributed by atoms with Gasteiger partial charge in [0.05, 0.1) is 0 Å². The molecule has 1 saturated carbocycles. The maximum Gasteiger partial charge on any atom is 0.407 e. The van der Waals surface area contributed by atoms with Crippen molar-refractivity contribution in [3.63, 3.8) is 0 Å². The molecule has 0 radical (unpaired) electrons. The summed E-state index contributed by atoms with van der Waals surface area (Å²) in [5, 5.41) is 2.66. The Bertz CT molecular complexity index is 290. The van der Waals surface area contributed by atoms with Gasteiger partial charge in [0.15, 0.2) is 0 Å². The van der Waals surface area contributed by atoms with Gasteiger partial charge in [-0.2, -0.15) is 0 Å². The zero-order valence-corrected chi connectivity index (χ0v) is 11.8. The number of carbonyl (C=O) groups excluding carboxylic acids is 2. The van der Waals surface area contributed by atoms with Crippen molar-refractivity contribution in [2.45, 2.75) is 64.9 Å². The molecular weight excluding hydrogens is 230 g/mol. The van der Waals surface area contributed by atoms with Crippen molar-refractivity contribution >= 4 is 11.9 Å². The summed E-state index contributed by atoms with van der Waals surface area (Å²) in [6, 6.07) is 0. The van der Waals surface area contributed by atoms with Crippen LogP contribution in [0, 0.1) is 5.92 Å². The molecule has 0 unspecified atom stereocenters. The van der Waals surface area contributed by atoms with Crippen molar-refractivity contribution in [1.82, 2.24) is 5.32 Å². The second kappa shape index (κ2) is 6.76. The first-order valence-electron chi connectivity index (χ1n) is 6.85. The lowest BCUT2D eigenvalue weighted by Crippen LogP contribution is -2.33. The zero-order valence-electron chi connectivity index (χ0n) is 11.8. The summed E-state index contributed by atoms with van der Waals surface area (Å²) in [4.78, 5) is 22.8. The number of hydrogen-bond acceptors (Lipinski definition) is 3. The highest BCUT2D eigenvalue weighted by Crippen LogP contribution is 2.33. The lowest BCUT2D eigenvalue weighted by atomic mass is 10.1. The summed E-state index contributed by atoms with van der Waals surface area (Å²) in [7, 11) is 0. The maximum atomic E-state index is 11.5. The van der Waals surface area contributed by atoms with Gasteiger partial charge in [0, 0.05) is 19.4 Å². The molecule has 1 N–H and O–H groups in total. The molecule has 104 valence electrons. The molecular formula is C14H25NO3. The number of Topliss-reactive ketones (excluding diaryl/α,β-unsaturated/α-hetero) is 1. The fourth-order valence-electron chi connectivity index (χ4n) is 1.69. The van der Waals surface area contributed by atoms with Crippen LogP contribution in [-0.4, -0.2) is 24.0 Å². The van der Waals surface area contributed by atoms with Crippen LogP contribution in [0.25, 0.3) is 0 Å². The Morgan fingerprint density at radius 1 is 1.22 bits per heavy atom. The maximum absolute atomic E-state index is 11.5. The van der Waals surface area contributed by atoms with Crippen molar-refractivity contribution < 1.29 is 14.3 Å². The fourth-order valence-corrected chi connectivity index (χ4v) is 1.69. The largest absolute Gasteiger partial charge is 0.444 e. The van der Waals surface area contributed by atoms with Crippen LogP contribution in [0.5, 0.6) is 0 Å². The molecule has 1 aliphatic rings. The molecule has 0 aromatic rings. The highest BCUT2D eigenvalue weighted by atomic mass is 16.6. The first-order valence-corrected chi connectivity index (χ1v) is 6.85. The van der Waals surface area contributed by atoms with Gasteiger partial charge < -0.3 is 10.1 Å². The number of alkyl carbamates (subject to hydrolysis) is 1. The van der Waals surface area contributed by atoms with Gasteiger partial charge in [-0.3, -0.25) is 4.79 Å². The lowest BCUT2D eigenvalue weighted by Gasteiger charge is -2.19. The van der Waals surface area contributed by atoms with Crippen molar-refractivity contribution in [1.29, 1.82) is 0 Å². The van der Waals surface area contributed by atoms with Gasteiger partial charge in [0.1, 0.15) is 11.4 Å². The molecule has 0 saturated heterocycles. The van der Waals surface area contributed by atoms with E-state index >= 15 is 0 Å². The summed E-state index contributed by atoms with van der Waals surface area (Å²) < 4.78 is 5.10. The normalized spacial score (nSPS) is 15.3. The smallest absolute Gasteiger partial charge is 0.407 e. The van der Waals surface area contributed by atoms with Crippen molar-refractivity contribution in [3.8, 4) is 0 Å². The number of hydrogen-bond donors (Lipinski definition) is 1. The Kier molecular flexibility index (Phi) is 5.63. The third kappa shape index (κ3) is 8.09. The summed E-state index contributed by atoms with van der Waals surface area (Å²) >= 11 is 0. The van der Waals surface area contributed by atoms with Gasteiger partial charge in [-0.15, -0.1) is 0 Å². The number of carbonyl (C=O) groups is 2. The summed E-state index contributed by atoms with van der Waals surface area (Å²) in [6.45, 7) is 5.99. The molecule has 0 atom stereocenters. The van der Waals surface area contributed by atoms with E-state index in [1.165, 1.54) is 12.8 Å². The van der Waals surface area contributed by atoms with Crippen LogP contribution in [0.2, 0.25) is 0 Å². The third-order valence-corrected chi connectivity index (χ3v) is 2.83. The van der Waals surface area contributed by atoms with Crippen LogP contribution in [0.15, 0.2) is 0 Å². The Balaban J connectivity index is 1.96. The van der Waals surface area contributed by atoms with E-state index in [4.69, 9.17) is 4.74 Å². The van der Waals surface area contributed by atoms with Crippen LogP contribution in [0.3, 0.4) is 0 Å². The van der Waals surface area contributed by atoms with Crippen LogP contribution in [0.4, 0.5) is 4.79 Å². The van der Waals surface area contributed by atoms with Gasteiger partial charge >= 0.3 is 6.09 Å². The van der Waals surface area contributed by atoms with Gasteiger partial charge in [0.25, 0.3) is 0 Å². The zero-order chi connectivity index (χ0) is 13.6. The Hall–Kier alpha value is -1.06. The number of rotatable bonds is 7. The monoisotopic (exact) mass is 255 g/mol. The average Bonchev–Trinajstić information content (AvgIpc) is 3.02. The quantitative estimate of drug-likeness (QED) is 0.711. The molecule has 1 rings (SSSR count). The second-order valence-corrected chi connectivity index (χ2v) is 6.05. The van der Waals surface area contributed by atoms with E-state index in [2.05, 4.69) is 5.32 Å². The highest BCUT2D eigenvalue weighted by molar-refractivity contribution is 5.78. The minimum Gasteiger partial charge on any atom is -0.444 e. The van der Waals surface area contributed by atoms with E-state index in [1.807, 2.05) is 20.8 Å². The Morgan fingerprint density at radius 2 is 1.89 bits per heavy atom. The number of amides is 1. The van der Waals surface area contributed by atoms with Crippen LogP contribution >= 0.6 is 0 Å². The lowest BCUT2D eigenvalue weighted by molar-refractivity contribution is -0.119. The van der Waals surface area contributed by atoms with E-state index in [1.54, 1.807) is 0 Å². The molecule has 0 aromatic carbocycles. The molecule has 0 bridgehead atoms. The molecule has 1 aliphatic carbocycles. The van der Waals surface area contributed by atoms with Gasteiger partial charge in [0.2, 0.25) is 0 Å². The summed E-state index contributed by atoms with van der Waals surface area (Å²) in [5.74, 6) is 1.13. The Labute approximate surface area is 109 Å². The molecule has 4 nitrogen and oxygen atoms in total. The summed E-state index contributed by atoms with van der Waals surface area (Å²) in [5.41, 5.74) is -0.468. The fraction of sp³-hybridized carbons (Fsp3) is 0.857. The van der Waals surface area contributed by atoms with Crippen LogP contribution in [-0.2, 0) is 9.53 Å². The predicted octanol–water partition coefficient (Wildman–Crippen LogP) is 3.05. The number of nitrogens with one attached hydrogen (secondary N) is 1. The van der Waals surface area contributed by atoms with Crippen molar-refractivity contribution in [3.05, 3.63) is 0 Å². The third-order valence-electron chi connectivity index (χ3n) is 2.83. The van der Waals surface area contributed by atoms with E-state index in [9.17, 15) is 9.59 Å². The minimum absolute atomic E-state index is 0.313. The number of ketones is 1. The first-order chi connectivity index (χ1) is 8.37. The molecule has 18 heavy (non-hydrogen) atoms. The standard InChI is InChI=1S/C14H25NO3/c1-14(2,3)18-13(17)15-10-4-5-12(16)9-8-11-6-7-11/h11H,4-10H2,1-3H3,(H,15,17). The van der Waals surface area contributed by atoms with E-state index in [-0.39, 0.29) is 0 Å². The van der Waals surface area contributed by atoms with Crippen molar-refractivity contribution in [2.75, 3.05) is 6.54 Å². The van der Waals surface area contributed by atoms with E-state index in [0.29, 0.717) is 31.6 Å². The Morgan fingerprint density at radius 3 is 2.44 bits per heavy atom. The van der Waals surface area contributed by atoms with Crippen LogP contribution < -0.4 is 5.32 Å². The van der Waals surface area contributed by atoms with Gasteiger partial charge in [-0.05, 0) is 39.5 Å². The number of ether oxygens (including phenoxy) is 1. The van der Waals surface area contributed by atoms with Gasteiger partial charge in [-0.25, -0.2) is 4.79 Å². The highest BCUT2D eigenvalue weighted by Gasteiger charge is 2.21. The summed E-state index contributed by atoms with van der Waals surface area (Å²) in [6.07, 6.45) is 5.20. The molecule has 0 heterocycles. The average molecular weight is 255 g/mol. The van der Waals surface area contributed by atoms with Crippen LogP contribution in [0.1, 0.15) is 59.3 Å². The second-order valence-electron chi connectivity index (χ2n) is 6.05. The first kappa shape index (κ1) is 15.0. The topological polar surface area (TPSA) is 55.4 Å². The molecule has 0 aromatic heterocycles. The molecule has 0 aliphatic heterocycles. The van der Waals surface area contributed by atoms with E-state index < -0.39 is 11.7 Å². The SMILES string of the molecule is CC(C)(C)OC(=O)NCCCC(=O)CCC1CC1.